The Balaban J connectivity index is 1.64. The lowest BCUT2D eigenvalue weighted by Crippen LogP contribution is -2.36. The number of rotatable bonds is 8. The van der Waals surface area contributed by atoms with Crippen LogP contribution in [0.3, 0.4) is 0 Å². The van der Waals surface area contributed by atoms with Gasteiger partial charge in [-0.25, -0.2) is 0 Å². The topological polar surface area (TPSA) is 53.5 Å². The summed E-state index contributed by atoms with van der Waals surface area (Å²) in [5.74, 6) is -0.180. The summed E-state index contributed by atoms with van der Waals surface area (Å²) < 4.78 is 9.15. The molecule has 186 valence electrons. The van der Waals surface area contributed by atoms with E-state index in [0.29, 0.717) is 5.69 Å². The molecule has 0 aliphatic heterocycles. The number of ketones is 1. The highest BCUT2D eigenvalue weighted by molar-refractivity contribution is 5.95. The van der Waals surface area contributed by atoms with Crippen LogP contribution in [0.1, 0.15) is 51.5 Å². The lowest BCUT2D eigenvalue weighted by molar-refractivity contribution is -0.123. The van der Waals surface area contributed by atoms with Gasteiger partial charge in [0.25, 0.3) is 0 Å². The van der Waals surface area contributed by atoms with Gasteiger partial charge in [-0.1, -0.05) is 55.7 Å². The Labute approximate surface area is 215 Å². The Hall–Kier alpha value is -3.73. The summed E-state index contributed by atoms with van der Waals surface area (Å²) in [5, 5.41) is 0. The van der Waals surface area contributed by atoms with Crippen LogP contribution in [0.25, 0.3) is 17.2 Å². The molecule has 5 heteroatoms. The van der Waals surface area contributed by atoms with Crippen LogP contribution in [0, 0.1) is 5.92 Å². The molecule has 1 amide bonds. The minimum absolute atomic E-state index is 0.0300. The van der Waals surface area contributed by atoms with Gasteiger partial charge < -0.3 is 9.80 Å². The number of carbonyl (C=O) groups is 2. The molecule has 0 spiro atoms. The van der Waals surface area contributed by atoms with E-state index in [2.05, 4.69) is 34.1 Å². The molecule has 1 atom stereocenters. The summed E-state index contributed by atoms with van der Waals surface area (Å²) in [6, 6.07) is 18.1. The first kappa shape index (κ1) is 24.0. The van der Waals surface area contributed by atoms with Gasteiger partial charge in [0, 0.05) is 31.9 Å². The predicted octanol–water partition coefficient (Wildman–Crippen LogP) is 6.53. The van der Waals surface area contributed by atoms with Gasteiger partial charge in [0.05, 0.1) is 19.8 Å². The highest BCUT2D eigenvalue weighted by atomic mass is 16.2. The molecule has 0 radical (unpaired) electrons. The Morgan fingerprint density at radius 3 is 2.19 bits per heavy atom. The molecule has 1 fully saturated rings. The third-order valence-electron chi connectivity index (χ3n) is 6.63. The SMILES string of the molecule is [2H]C(c1ccc(-c2ccc(N(C)C)cc2)cc1)N(C(=O)C1CCCCC1)c1cncc(/C=C/C(C)=O)c1. The Morgan fingerprint density at radius 1 is 0.944 bits per heavy atom. The van der Waals surface area contributed by atoms with Gasteiger partial charge in [-0.05, 0) is 72.4 Å². The maximum Gasteiger partial charge on any atom is 0.230 e. The molecule has 5 nitrogen and oxygen atoms in total. The monoisotopic (exact) mass is 482 g/mol. The van der Waals surface area contributed by atoms with Crippen LogP contribution in [-0.4, -0.2) is 30.8 Å². The number of amides is 1. The van der Waals surface area contributed by atoms with Gasteiger partial charge >= 0.3 is 0 Å². The molecule has 2 aromatic carbocycles. The van der Waals surface area contributed by atoms with E-state index in [4.69, 9.17) is 1.37 Å². The van der Waals surface area contributed by atoms with Crippen molar-refractivity contribution in [2.24, 2.45) is 5.92 Å². The van der Waals surface area contributed by atoms with Gasteiger partial charge in [0.1, 0.15) is 0 Å². The third-order valence-corrected chi connectivity index (χ3v) is 6.63. The van der Waals surface area contributed by atoms with Gasteiger partial charge in [-0.3, -0.25) is 14.6 Å². The van der Waals surface area contributed by atoms with Crippen molar-refractivity contribution in [3.05, 3.63) is 84.2 Å². The van der Waals surface area contributed by atoms with Crippen LogP contribution in [0.4, 0.5) is 11.4 Å². The van der Waals surface area contributed by atoms with Crippen molar-refractivity contribution in [2.45, 2.75) is 45.5 Å². The van der Waals surface area contributed by atoms with Crippen LogP contribution in [-0.2, 0) is 16.1 Å². The zero-order valence-electron chi connectivity index (χ0n) is 22.4. The van der Waals surface area contributed by atoms with Gasteiger partial charge in [0.2, 0.25) is 5.91 Å². The molecule has 1 unspecified atom stereocenters. The minimum Gasteiger partial charge on any atom is -0.378 e. The molecule has 1 aliphatic rings. The second kappa shape index (κ2) is 11.8. The average molecular weight is 483 g/mol. The predicted molar refractivity (Wildman–Crippen MR) is 148 cm³/mol. The molecular formula is C31H35N3O2. The van der Waals surface area contributed by atoms with Crippen LogP contribution in [0.2, 0.25) is 0 Å². The van der Waals surface area contributed by atoms with Crippen LogP contribution in [0.15, 0.2) is 73.1 Å². The lowest BCUT2D eigenvalue weighted by Gasteiger charge is -2.29. The Bertz CT molecular complexity index is 1250. The molecule has 3 aromatic rings. The van der Waals surface area contributed by atoms with E-state index >= 15 is 0 Å². The minimum atomic E-state index is -0.909. The summed E-state index contributed by atoms with van der Waals surface area (Å²) in [7, 11) is 4.03. The van der Waals surface area contributed by atoms with E-state index in [-0.39, 0.29) is 17.6 Å². The lowest BCUT2D eigenvalue weighted by atomic mass is 9.88. The largest absolute Gasteiger partial charge is 0.378 e. The maximum absolute atomic E-state index is 13.8. The van der Waals surface area contributed by atoms with Crippen molar-refractivity contribution < 1.29 is 11.0 Å². The summed E-state index contributed by atoms with van der Waals surface area (Å²) >= 11 is 0. The van der Waals surface area contributed by atoms with Crippen LogP contribution in [0.5, 0.6) is 0 Å². The van der Waals surface area contributed by atoms with E-state index in [0.717, 1.165) is 60.0 Å². The van der Waals surface area contributed by atoms with Crippen molar-refractivity contribution in [2.75, 3.05) is 23.9 Å². The van der Waals surface area contributed by atoms with Crippen molar-refractivity contribution >= 4 is 29.1 Å². The van der Waals surface area contributed by atoms with Crippen molar-refractivity contribution in [1.29, 1.82) is 0 Å². The van der Waals surface area contributed by atoms with Crippen molar-refractivity contribution in [3.8, 4) is 11.1 Å². The maximum atomic E-state index is 13.8. The first-order valence-electron chi connectivity index (χ1n) is 13.2. The van der Waals surface area contributed by atoms with Crippen LogP contribution < -0.4 is 9.80 Å². The van der Waals surface area contributed by atoms with Gasteiger partial charge in [0.15, 0.2) is 5.78 Å². The molecule has 0 bridgehead atoms. The molecule has 1 heterocycles. The summed E-state index contributed by atoms with van der Waals surface area (Å²) in [6.45, 7) is 0.584. The smallest absolute Gasteiger partial charge is 0.230 e. The second-order valence-corrected chi connectivity index (χ2v) is 9.66. The number of anilines is 2. The molecule has 1 aliphatic carbocycles. The number of aromatic nitrogens is 1. The summed E-state index contributed by atoms with van der Waals surface area (Å²) in [4.78, 5) is 33.1. The van der Waals surface area contributed by atoms with Crippen molar-refractivity contribution in [1.82, 2.24) is 4.98 Å². The number of hydrogen-bond acceptors (Lipinski definition) is 4. The summed E-state index contributed by atoms with van der Waals surface area (Å²) in [6.07, 6.45) is 11.4. The van der Waals surface area contributed by atoms with E-state index in [1.54, 1.807) is 23.4 Å². The second-order valence-electron chi connectivity index (χ2n) is 9.66. The average Bonchev–Trinajstić information content (AvgIpc) is 2.93. The summed E-state index contributed by atoms with van der Waals surface area (Å²) in [5.41, 5.74) is 5.33. The van der Waals surface area contributed by atoms with E-state index < -0.39 is 6.52 Å². The number of pyridine rings is 1. The normalized spacial score (nSPS) is 15.4. The first-order valence-corrected chi connectivity index (χ1v) is 12.6. The Morgan fingerprint density at radius 2 is 1.58 bits per heavy atom. The van der Waals surface area contributed by atoms with Crippen molar-refractivity contribution in [3.63, 3.8) is 0 Å². The van der Waals surface area contributed by atoms with Crippen LogP contribution >= 0.6 is 0 Å². The Kier molecular flexibility index (Phi) is 7.86. The number of nitrogens with zero attached hydrogens (tertiary/aromatic N) is 3. The number of allylic oxidation sites excluding steroid dienone is 1. The molecule has 4 rings (SSSR count). The number of benzene rings is 2. The molecular weight excluding hydrogens is 446 g/mol. The number of hydrogen-bond donors (Lipinski definition) is 0. The molecule has 36 heavy (non-hydrogen) atoms. The number of carbonyl (C=O) groups excluding carboxylic acids is 2. The highest BCUT2D eigenvalue weighted by Gasteiger charge is 2.27. The molecule has 0 saturated heterocycles. The zero-order valence-corrected chi connectivity index (χ0v) is 21.4. The molecule has 1 saturated carbocycles. The zero-order chi connectivity index (χ0) is 26.4. The van der Waals surface area contributed by atoms with Gasteiger partial charge in [-0.15, -0.1) is 0 Å². The fourth-order valence-corrected chi connectivity index (χ4v) is 4.56. The fourth-order valence-electron chi connectivity index (χ4n) is 4.56. The third kappa shape index (κ3) is 6.48. The van der Waals surface area contributed by atoms with Gasteiger partial charge in [-0.2, -0.15) is 0 Å². The molecule has 1 aromatic heterocycles. The quantitative estimate of drug-likeness (QED) is 0.343. The standard InChI is InChI=1S/C31H35N3O2/c1-23(35)9-10-25-19-30(21-32-20-25)34(31(36)28-7-5-4-6-8-28)22-24-11-13-26(14-12-24)27-15-17-29(18-16-27)33(2)3/h9-21,28H,4-8,22H2,1-3H3/b10-9+/i22D. The van der Waals surface area contributed by atoms with E-state index in [9.17, 15) is 9.59 Å². The fraction of sp³-hybridized carbons (Fsp3) is 0.323. The van der Waals surface area contributed by atoms with E-state index in [1.807, 2.05) is 44.4 Å². The van der Waals surface area contributed by atoms with E-state index in [1.165, 1.54) is 13.0 Å². The first-order chi connectivity index (χ1) is 17.8. The molecule has 0 N–H and O–H groups in total. The highest BCUT2D eigenvalue weighted by Crippen LogP contribution is 2.30.